The highest BCUT2D eigenvalue weighted by Crippen LogP contribution is 2.27. The first kappa shape index (κ1) is 11.9. The summed E-state index contributed by atoms with van der Waals surface area (Å²) in [5.74, 6) is 0.413. The summed E-state index contributed by atoms with van der Waals surface area (Å²) in [6.07, 6.45) is 0.895. The van der Waals surface area contributed by atoms with E-state index in [4.69, 9.17) is 0 Å². The van der Waals surface area contributed by atoms with Crippen molar-refractivity contribution in [2.45, 2.75) is 26.2 Å². The van der Waals surface area contributed by atoms with Gasteiger partial charge in [0.05, 0.1) is 0 Å². The van der Waals surface area contributed by atoms with Crippen LogP contribution in [0.25, 0.3) is 0 Å². The van der Waals surface area contributed by atoms with Gasteiger partial charge in [0, 0.05) is 5.92 Å². The van der Waals surface area contributed by atoms with Gasteiger partial charge in [-0.05, 0) is 31.4 Å². The van der Waals surface area contributed by atoms with E-state index in [1.165, 1.54) is 22.3 Å². The minimum absolute atomic E-state index is 0.413. The van der Waals surface area contributed by atoms with Gasteiger partial charge in [0.1, 0.15) is 0 Å². The maximum absolute atomic E-state index is 4.08. The van der Waals surface area contributed by atoms with Crippen molar-refractivity contribution in [3.63, 3.8) is 0 Å². The zero-order valence-electron chi connectivity index (χ0n) is 10.6. The van der Waals surface area contributed by atoms with Gasteiger partial charge in [-0.3, -0.25) is 0 Å². The molecule has 0 saturated heterocycles. The predicted octanol–water partition coefficient (Wildman–Crippen LogP) is 4.66. The first-order valence-electron chi connectivity index (χ1n) is 6.13. The molecule has 87 valence electrons. The molecule has 0 aromatic heterocycles. The molecule has 0 amide bonds. The molecule has 1 radical (unpaired) electrons. The molecule has 0 aliphatic heterocycles. The molecular weight excluding hydrogens is 204 g/mol. The molecule has 0 unspecified atom stereocenters. The summed E-state index contributed by atoms with van der Waals surface area (Å²) in [5, 5.41) is 0. The molecular formula is C17H19. The summed E-state index contributed by atoms with van der Waals surface area (Å²) >= 11 is 0. The molecule has 0 aliphatic rings. The van der Waals surface area contributed by atoms with Crippen LogP contribution in [0.15, 0.2) is 48.5 Å². The lowest BCUT2D eigenvalue weighted by atomic mass is 9.88. The smallest absolute Gasteiger partial charge is 0.00893 e. The molecule has 0 heteroatoms. The fraction of sp³-hybridized carbons (Fsp3) is 0.235. The number of rotatable bonds is 3. The van der Waals surface area contributed by atoms with Gasteiger partial charge in [-0.2, -0.15) is 0 Å². The largest absolute Gasteiger partial charge is 0.0590 e. The van der Waals surface area contributed by atoms with Gasteiger partial charge in [-0.25, -0.2) is 0 Å². The maximum Gasteiger partial charge on any atom is 0.00893 e. The Morgan fingerprint density at radius 3 is 1.41 bits per heavy atom. The van der Waals surface area contributed by atoms with E-state index in [1.54, 1.807) is 0 Å². The van der Waals surface area contributed by atoms with E-state index in [-0.39, 0.29) is 0 Å². The lowest BCUT2D eigenvalue weighted by molar-refractivity contribution is 0.826. The quantitative estimate of drug-likeness (QED) is 0.710. The van der Waals surface area contributed by atoms with E-state index in [2.05, 4.69) is 69.3 Å². The van der Waals surface area contributed by atoms with Crippen molar-refractivity contribution in [3.05, 3.63) is 77.7 Å². The van der Waals surface area contributed by atoms with Crippen LogP contribution in [0.2, 0.25) is 0 Å². The zero-order valence-corrected chi connectivity index (χ0v) is 10.6. The van der Waals surface area contributed by atoms with Crippen LogP contribution >= 0.6 is 0 Å². The molecule has 0 heterocycles. The van der Waals surface area contributed by atoms with Crippen LogP contribution in [-0.4, -0.2) is 0 Å². The molecule has 0 spiro atoms. The van der Waals surface area contributed by atoms with E-state index < -0.39 is 0 Å². The van der Waals surface area contributed by atoms with Crippen molar-refractivity contribution >= 4 is 0 Å². The minimum Gasteiger partial charge on any atom is -0.0590 e. The first-order valence-corrected chi connectivity index (χ1v) is 6.13. The summed E-state index contributed by atoms with van der Waals surface area (Å²) < 4.78 is 0. The van der Waals surface area contributed by atoms with Crippen molar-refractivity contribution in [1.29, 1.82) is 0 Å². The average Bonchev–Trinajstić information content (AvgIpc) is 2.35. The second-order valence-electron chi connectivity index (χ2n) is 4.66. The standard InChI is InChI=1S/C17H19/c1-4-17(15-9-5-13(2)6-10-15)16-11-7-14(3)8-12-16/h5-12,17H,1,4H2,2-3H3. The van der Waals surface area contributed by atoms with E-state index in [0.29, 0.717) is 5.92 Å². The van der Waals surface area contributed by atoms with Gasteiger partial charge in [0.25, 0.3) is 0 Å². The molecule has 0 atom stereocenters. The van der Waals surface area contributed by atoms with Gasteiger partial charge >= 0.3 is 0 Å². The monoisotopic (exact) mass is 223 g/mol. The Bertz CT molecular complexity index is 417. The topological polar surface area (TPSA) is 0 Å². The van der Waals surface area contributed by atoms with Crippen LogP contribution in [0.4, 0.5) is 0 Å². The third-order valence-corrected chi connectivity index (χ3v) is 3.25. The van der Waals surface area contributed by atoms with Crippen LogP contribution in [0.1, 0.15) is 34.6 Å². The average molecular weight is 223 g/mol. The Labute approximate surface area is 104 Å². The third-order valence-electron chi connectivity index (χ3n) is 3.25. The Kier molecular flexibility index (Phi) is 3.63. The summed E-state index contributed by atoms with van der Waals surface area (Å²) in [4.78, 5) is 0. The molecule has 2 aromatic rings. The van der Waals surface area contributed by atoms with Crippen molar-refractivity contribution in [3.8, 4) is 0 Å². The Hall–Kier alpha value is -1.56. The van der Waals surface area contributed by atoms with Gasteiger partial charge in [-0.15, -0.1) is 0 Å². The fourth-order valence-corrected chi connectivity index (χ4v) is 2.12. The molecule has 2 aromatic carbocycles. The Morgan fingerprint density at radius 1 is 0.765 bits per heavy atom. The Balaban J connectivity index is 2.33. The van der Waals surface area contributed by atoms with Crippen LogP contribution < -0.4 is 0 Å². The maximum atomic E-state index is 4.08. The van der Waals surface area contributed by atoms with Gasteiger partial charge in [0.2, 0.25) is 0 Å². The molecule has 0 saturated carbocycles. The van der Waals surface area contributed by atoms with Crippen LogP contribution in [0.5, 0.6) is 0 Å². The summed E-state index contributed by atoms with van der Waals surface area (Å²) in [7, 11) is 0. The predicted molar refractivity (Wildman–Crippen MR) is 74.2 cm³/mol. The van der Waals surface area contributed by atoms with E-state index in [1.807, 2.05) is 0 Å². The summed E-state index contributed by atoms with van der Waals surface area (Å²) in [6, 6.07) is 17.5. The number of hydrogen-bond donors (Lipinski definition) is 0. The van der Waals surface area contributed by atoms with Crippen molar-refractivity contribution in [2.75, 3.05) is 0 Å². The number of hydrogen-bond acceptors (Lipinski definition) is 0. The third kappa shape index (κ3) is 2.76. The first-order chi connectivity index (χ1) is 8.20. The van der Waals surface area contributed by atoms with Gasteiger partial charge in [0.15, 0.2) is 0 Å². The van der Waals surface area contributed by atoms with Gasteiger partial charge in [-0.1, -0.05) is 66.6 Å². The SMILES string of the molecule is [CH2]CC(c1ccc(C)cc1)c1ccc(C)cc1. The molecule has 0 fully saturated rings. The van der Waals surface area contributed by atoms with E-state index >= 15 is 0 Å². The zero-order chi connectivity index (χ0) is 12.3. The molecule has 0 N–H and O–H groups in total. The van der Waals surface area contributed by atoms with Crippen molar-refractivity contribution < 1.29 is 0 Å². The molecule has 0 nitrogen and oxygen atoms in total. The van der Waals surface area contributed by atoms with Gasteiger partial charge < -0.3 is 0 Å². The lowest BCUT2D eigenvalue weighted by Gasteiger charge is -2.16. The fourth-order valence-electron chi connectivity index (χ4n) is 2.12. The van der Waals surface area contributed by atoms with E-state index in [9.17, 15) is 0 Å². The second-order valence-corrected chi connectivity index (χ2v) is 4.66. The molecule has 17 heavy (non-hydrogen) atoms. The number of aryl methyl sites for hydroxylation is 2. The summed E-state index contributed by atoms with van der Waals surface area (Å²) in [6.45, 7) is 8.32. The second kappa shape index (κ2) is 5.18. The van der Waals surface area contributed by atoms with Crippen LogP contribution in [0.3, 0.4) is 0 Å². The van der Waals surface area contributed by atoms with Crippen molar-refractivity contribution in [1.82, 2.24) is 0 Å². The highest BCUT2D eigenvalue weighted by molar-refractivity contribution is 5.35. The Morgan fingerprint density at radius 2 is 1.12 bits per heavy atom. The highest BCUT2D eigenvalue weighted by atomic mass is 14.1. The lowest BCUT2D eigenvalue weighted by Crippen LogP contribution is -1.99. The highest BCUT2D eigenvalue weighted by Gasteiger charge is 2.11. The van der Waals surface area contributed by atoms with Crippen LogP contribution in [-0.2, 0) is 0 Å². The van der Waals surface area contributed by atoms with Crippen LogP contribution in [0, 0.1) is 20.8 Å². The normalized spacial score (nSPS) is 10.8. The summed E-state index contributed by atoms with van der Waals surface area (Å²) in [5.41, 5.74) is 5.32. The molecule has 0 aliphatic carbocycles. The minimum atomic E-state index is 0.413. The van der Waals surface area contributed by atoms with Crippen molar-refractivity contribution in [2.24, 2.45) is 0 Å². The molecule has 2 rings (SSSR count). The number of benzene rings is 2. The molecule has 0 bridgehead atoms. The van der Waals surface area contributed by atoms with E-state index in [0.717, 1.165) is 6.42 Å².